The van der Waals surface area contributed by atoms with Crippen LogP contribution in [-0.4, -0.2) is 65.4 Å². The van der Waals surface area contributed by atoms with Crippen LogP contribution in [0.15, 0.2) is 0 Å². The predicted molar refractivity (Wildman–Crippen MR) is 130 cm³/mol. The van der Waals surface area contributed by atoms with Gasteiger partial charge in [-0.25, -0.2) is 0 Å². The molecule has 0 aliphatic rings. The Hall–Kier alpha value is -0.690. The van der Waals surface area contributed by atoms with E-state index in [2.05, 4.69) is 20.8 Å². The molecule has 0 fully saturated rings. The molecule has 0 amide bonds. The summed E-state index contributed by atoms with van der Waals surface area (Å²) in [4.78, 5) is 11.5. The molecule has 0 saturated heterocycles. The van der Waals surface area contributed by atoms with E-state index in [1.165, 1.54) is 51.4 Å². The van der Waals surface area contributed by atoms with Gasteiger partial charge in [-0.15, -0.1) is 0 Å². The third kappa shape index (κ3) is 27.3. The SMILES string of the molecule is CCCCCCCCCCCOCCOCCOCCOCCCC(=O)OCCC(C)C. The van der Waals surface area contributed by atoms with Crippen LogP contribution in [0.5, 0.6) is 0 Å². The van der Waals surface area contributed by atoms with Gasteiger partial charge in [-0.2, -0.15) is 0 Å². The van der Waals surface area contributed by atoms with Gasteiger partial charge in [0.2, 0.25) is 0 Å². The highest BCUT2D eigenvalue weighted by Crippen LogP contribution is 2.09. The maximum absolute atomic E-state index is 11.5. The summed E-state index contributed by atoms with van der Waals surface area (Å²) in [6.07, 6.45) is 14.0. The monoisotopic (exact) mass is 460 g/mol. The van der Waals surface area contributed by atoms with Crippen LogP contribution >= 0.6 is 0 Å². The summed E-state index contributed by atoms with van der Waals surface area (Å²) in [5.74, 6) is 0.416. The van der Waals surface area contributed by atoms with E-state index < -0.39 is 0 Å². The molecule has 0 unspecified atom stereocenters. The number of carbonyl (C=O) groups is 1. The van der Waals surface area contributed by atoms with Crippen molar-refractivity contribution in [3.05, 3.63) is 0 Å². The van der Waals surface area contributed by atoms with Crippen molar-refractivity contribution in [2.45, 2.75) is 97.8 Å². The van der Waals surface area contributed by atoms with Crippen LogP contribution < -0.4 is 0 Å². The molecule has 0 spiro atoms. The Morgan fingerprint density at radius 2 is 1.00 bits per heavy atom. The van der Waals surface area contributed by atoms with Crippen molar-refractivity contribution in [2.24, 2.45) is 5.92 Å². The highest BCUT2D eigenvalue weighted by molar-refractivity contribution is 5.69. The average Bonchev–Trinajstić information content (AvgIpc) is 2.77. The van der Waals surface area contributed by atoms with Gasteiger partial charge in [0.05, 0.1) is 46.2 Å². The molecule has 0 aliphatic carbocycles. The first-order valence-corrected chi connectivity index (χ1v) is 13.1. The minimum atomic E-state index is -0.139. The van der Waals surface area contributed by atoms with Crippen LogP contribution in [0.2, 0.25) is 0 Å². The minimum absolute atomic E-state index is 0.139. The lowest BCUT2D eigenvalue weighted by molar-refractivity contribution is -0.144. The molecule has 192 valence electrons. The van der Waals surface area contributed by atoms with Gasteiger partial charge in [0.15, 0.2) is 0 Å². The van der Waals surface area contributed by atoms with Crippen LogP contribution in [-0.2, 0) is 28.5 Å². The molecule has 0 saturated carbocycles. The smallest absolute Gasteiger partial charge is 0.305 e. The molecular weight excluding hydrogens is 408 g/mol. The Labute approximate surface area is 198 Å². The molecule has 0 atom stereocenters. The number of carbonyl (C=O) groups excluding carboxylic acids is 1. The lowest BCUT2D eigenvalue weighted by Gasteiger charge is -2.08. The third-order valence-electron chi connectivity index (χ3n) is 5.14. The Bertz CT molecular complexity index is 375. The van der Waals surface area contributed by atoms with Crippen molar-refractivity contribution in [2.75, 3.05) is 59.5 Å². The number of ether oxygens (including phenoxy) is 5. The maximum atomic E-state index is 11.5. The van der Waals surface area contributed by atoms with Crippen LogP contribution in [0.3, 0.4) is 0 Å². The molecule has 0 rings (SSSR count). The van der Waals surface area contributed by atoms with E-state index in [-0.39, 0.29) is 5.97 Å². The molecule has 0 aromatic carbocycles. The molecule has 32 heavy (non-hydrogen) atoms. The molecular formula is C26H52O6. The van der Waals surface area contributed by atoms with Gasteiger partial charge in [0.25, 0.3) is 0 Å². The first kappa shape index (κ1) is 31.3. The highest BCUT2D eigenvalue weighted by atomic mass is 16.6. The summed E-state index contributed by atoms with van der Waals surface area (Å²) in [5, 5.41) is 0. The Morgan fingerprint density at radius 3 is 1.50 bits per heavy atom. The van der Waals surface area contributed by atoms with E-state index in [1.807, 2.05) is 0 Å². The second kappa shape index (κ2) is 26.6. The topological polar surface area (TPSA) is 63.2 Å². The lowest BCUT2D eigenvalue weighted by Crippen LogP contribution is -2.13. The fourth-order valence-electron chi connectivity index (χ4n) is 3.08. The van der Waals surface area contributed by atoms with Crippen LogP contribution in [0, 0.1) is 5.92 Å². The van der Waals surface area contributed by atoms with Crippen molar-refractivity contribution in [3.63, 3.8) is 0 Å². The number of rotatable bonds is 26. The van der Waals surface area contributed by atoms with Gasteiger partial charge in [0, 0.05) is 19.6 Å². The van der Waals surface area contributed by atoms with E-state index in [9.17, 15) is 4.79 Å². The van der Waals surface area contributed by atoms with Crippen molar-refractivity contribution < 1.29 is 28.5 Å². The summed E-state index contributed by atoms with van der Waals surface area (Å²) in [6, 6.07) is 0. The summed E-state index contributed by atoms with van der Waals surface area (Å²) >= 11 is 0. The first-order valence-electron chi connectivity index (χ1n) is 13.1. The quantitative estimate of drug-likeness (QED) is 0.117. The van der Waals surface area contributed by atoms with Gasteiger partial charge in [0.1, 0.15) is 0 Å². The fraction of sp³-hybridized carbons (Fsp3) is 0.962. The fourth-order valence-corrected chi connectivity index (χ4v) is 3.08. The Morgan fingerprint density at radius 1 is 0.562 bits per heavy atom. The van der Waals surface area contributed by atoms with Gasteiger partial charge in [-0.3, -0.25) is 4.79 Å². The van der Waals surface area contributed by atoms with Crippen molar-refractivity contribution in [3.8, 4) is 0 Å². The lowest BCUT2D eigenvalue weighted by atomic mass is 10.1. The number of unbranched alkanes of at least 4 members (excludes halogenated alkanes) is 8. The van der Waals surface area contributed by atoms with E-state index in [0.717, 1.165) is 19.4 Å². The molecule has 6 nitrogen and oxygen atoms in total. The second-order valence-electron chi connectivity index (χ2n) is 8.78. The van der Waals surface area contributed by atoms with Crippen LogP contribution in [0.25, 0.3) is 0 Å². The number of hydrogen-bond acceptors (Lipinski definition) is 6. The molecule has 0 aromatic rings. The summed E-state index contributed by atoms with van der Waals surface area (Å²) in [5.41, 5.74) is 0. The van der Waals surface area contributed by atoms with E-state index in [4.69, 9.17) is 23.7 Å². The zero-order valence-electron chi connectivity index (χ0n) is 21.4. The highest BCUT2D eigenvalue weighted by Gasteiger charge is 2.03. The summed E-state index contributed by atoms with van der Waals surface area (Å²) in [7, 11) is 0. The van der Waals surface area contributed by atoms with Crippen LogP contribution in [0.4, 0.5) is 0 Å². The van der Waals surface area contributed by atoms with Gasteiger partial charge >= 0.3 is 5.97 Å². The Balaban J connectivity index is 3.08. The van der Waals surface area contributed by atoms with Crippen molar-refractivity contribution >= 4 is 5.97 Å². The molecule has 0 aliphatic heterocycles. The average molecular weight is 461 g/mol. The summed E-state index contributed by atoms with van der Waals surface area (Å²) < 4.78 is 27.2. The maximum Gasteiger partial charge on any atom is 0.305 e. The van der Waals surface area contributed by atoms with Crippen molar-refractivity contribution in [1.29, 1.82) is 0 Å². The molecule has 0 radical (unpaired) electrons. The molecule has 0 heterocycles. The first-order chi connectivity index (χ1) is 15.7. The number of esters is 1. The molecule has 0 bridgehead atoms. The van der Waals surface area contributed by atoms with Gasteiger partial charge in [-0.05, 0) is 25.2 Å². The minimum Gasteiger partial charge on any atom is -0.466 e. The largest absolute Gasteiger partial charge is 0.466 e. The van der Waals surface area contributed by atoms with Gasteiger partial charge < -0.3 is 23.7 Å². The van der Waals surface area contributed by atoms with E-state index in [0.29, 0.717) is 71.6 Å². The standard InChI is InChI=1S/C26H52O6/c1-4-5-6-7-8-9-10-11-12-16-28-19-21-30-23-24-31-22-20-29-17-13-14-26(27)32-18-15-25(2)3/h25H,4-24H2,1-3H3. The zero-order valence-corrected chi connectivity index (χ0v) is 21.4. The van der Waals surface area contributed by atoms with E-state index >= 15 is 0 Å². The summed E-state index contributed by atoms with van der Waals surface area (Å²) in [6.45, 7) is 11.9. The third-order valence-corrected chi connectivity index (χ3v) is 5.14. The second-order valence-corrected chi connectivity index (χ2v) is 8.78. The molecule has 6 heteroatoms. The van der Waals surface area contributed by atoms with E-state index in [1.54, 1.807) is 0 Å². The van der Waals surface area contributed by atoms with Crippen LogP contribution in [0.1, 0.15) is 97.8 Å². The Kier molecular flexibility index (Phi) is 26.0. The van der Waals surface area contributed by atoms with Gasteiger partial charge in [-0.1, -0.05) is 72.1 Å². The number of hydrogen-bond donors (Lipinski definition) is 0. The predicted octanol–water partition coefficient (Wildman–Crippen LogP) is 5.95. The molecule has 0 N–H and O–H groups in total. The molecule has 0 aromatic heterocycles. The zero-order chi connectivity index (χ0) is 23.5. The normalized spacial score (nSPS) is 11.4. The van der Waals surface area contributed by atoms with Crippen molar-refractivity contribution in [1.82, 2.24) is 0 Å².